The number of hydrogen-bond donors (Lipinski definition) is 1. The highest BCUT2D eigenvalue weighted by Gasteiger charge is 2.28. The summed E-state index contributed by atoms with van der Waals surface area (Å²) >= 11 is 5.92. The minimum absolute atomic E-state index is 0.0183. The Bertz CT molecular complexity index is 1040. The lowest BCUT2D eigenvalue weighted by atomic mass is 9.96. The van der Waals surface area contributed by atoms with E-state index < -0.39 is 0 Å². The van der Waals surface area contributed by atoms with Gasteiger partial charge in [-0.15, -0.1) is 0 Å². The van der Waals surface area contributed by atoms with Gasteiger partial charge in [0.2, 0.25) is 17.6 Å². The highest BCUT2D eigenvalue weighted by Crippen LogP contribution is 2.29. The van der Waals surface area contributed by atoms with Crippen LogP contribution in [0.25, 0.3) is 11.4 Å². The summed E-state index contributed by atoms with van der Waals surface area (Å²) in [5.41, 5.74) is 2.13. The van der Waals surface area contributed by atoms with Crippen LogP contribution >= 0.6 is 11.6 Å². The van der Waals surface area contributed by atoms with Crippen LogP contribution in [0.3, 0.4) is 0 Å². The lowest BCUT2D eigenvalue weighted by Gasteiger charge is -2.30. The lowest BCUT2D eigenvalue weighted by molar-refractivity contribution is -0.114. The second-order valence-electron chi connectivity index (χ2n) is 7.29. The molecule has 2 heterocycles. The maximum atomic E-state index is 12.8. The molecule has 30 heavy (non-hydrogen) atoms. The van der Waals surface area contributed by atoms with Crippen LogP contribution in [-0.2, 0) is 4.79 Å². The Morgan fingerprint density at radius 1 is 1.07 bits per heavy atom. The molecule has 0 saturated carbocycles. The van der Waals surface area contributed by atoms with Gasteiger partial charge in [-0.2, -0.15) is 4.98 Å². The molecule has 0 bridgehead atoms. The van der Waals surface area contributed by atoms with Gasteiger partial charge in [0.05, 0.1) is 0 Å². The second kappa shape index (κ2) is 8.67. The molecule has 7 nitrogen and oxygen atoms in total. The van der Waals surface area contributed by atoms with Crippen molar-refractivity contribution < 1.29 is 14.1 Å². The summed E-state index contributed by atoms with van der Waals surface area (Å²) in [7, 11) is 0. The van der Waals surface area contributed by atoms with Crippen molar-refractivity contribution in [3.8, 4) is 11.4 Å². The number of rotatable bonds is 4. The molecular formula is C22H21ClN4O3. The van der Waals surface area contributed by atoms with Gasteiger partial charge >= 0.3 is 0 Å². The normalized spacial score (nSPS) is 14.5. The van der Waals surface area contributed by atoms with Gasteiger partial charge in [-0.3, -0.25) is 9.59 Å². The Morgan fingerprint density at radius 3 is 2.37 bits per heavy atom. The molecule has 0 unspecified atom stereocenters. The molecule has 0 spiro atoms. The summed E-state index contributed by atoms with van der Waals surface area (Å²) in [5, 5.41) is 7.44. The van der Waals surface area contributed by atoms with Gasteiger partial charge in [-0.1, -0.05) is 16.8 Å². The van der Waals surface area contributed by atoms with Crippen molar-refractivity contribution in [2.24, 2.45) is 0 Å². The zero-order chi connectivity index (χ0) is 21.1. The van der Waals surface area contributed by atoms with Gasteiger partial charge < -0.3 is 14.7 Å². The van der Waals surface area contributed by atoms with Crippen molar-refractivity contribution >= 4 is 29.1 Å². The molecule has 154 valence electrons. The molecule has 4 rings (SSSR count). The standard InChI is InChI=1S/C22H21ClN4O3/c1-14(28)24-19-8-4-17(5-9-19)22(29)27-12-10-16(11-13-27)21-25-20(26-30-21)15-2-6-18(23)7-3-15/h2-9,16H,10-13H2,1H3,(H,24,28). The quantitative estimate of drug-likeness (QED) is 0.671. The fourth-order valence-electron chi connectivity index (χ4n) is 3.53. The fourth-order valence-corrected chi connectivity index (χ4v) is 3.65. The Labute approximate surface area is 179 Å². The van der Waals surface area contributed by atoms with Crippen molar-refractivity contribution in [3.05, 3.63) is 65.0 Å². The molecule has 1 fully saturated rings. The summed E-state index contributed by atoms with van der Waals surface area (Å²) in [4.78, 5) is 30.3. The van der Waals surface area contributed by atoms with Gasteiger partial charge in [0, 0.05) is 47.8 Å². The van der Waals surface area contributed by atoms with E-state index in [0.29, 0.717) is 41.1 Å². The SMILES string of the molecule is CC(=O)Nc1ccc(C(=O)N2CCC(c3nc(-c4ccc(Cl)cc4)no3)CC2)cc1. The molecule has 0 radical (unpaired) electrons. The van der Waals surface area contributed by atoms with E-state index in [2.05, 4.69) is 15.5 Å². The molecule has 1 aliphatic rings. The summed E-state index contributed by atoms with van der Waals surface area (Å²) in [6.45, 7) is 2.69. The third-order valence-electron chi connectivity index (χ3n) is 5.13. The van der Waals surface area contributed by atoms with Crippen molar-refractivity contribution in [3.63, 3.8) is 0 Å². The van der Waals surface area contributed by atoms with Crippen LogP contribution in [0.2, 0.25) is 5.02 Å². The first-order chi connectivity index (χ1) is 14.5. The van der Waals surface area contributed by atoms with E-state index >= 15 is 0 Å². The van der Waals surface area contributed by atoms with Crippen molar-refractivity contribution in [2.75, 3.05) is 18.4 Å². The second-order valence-corrected chi connectivity index (χ2v) is 7.72. The number of piperidine rings is 1. The molecule has 8 heteroatoms. The molecule has 0 atom stereocenters. The Hall–Kier alpha value is -3.19. The van der Waals surface area contributed by atoms with E-state index in [1.807, 2.05) is 17.0 Å². The summed E-state index contributed by atoms with van der Waals surface area (Å²) in [6, 6.07) is 14.2. The molecule has 2 amide bonds. The number of amides is 2. The first kappa shape index (κ1) is 20.1. The predicted molar refractivity (Wildman–Crippen MR) is 113 cm³/mol. The van der Waals surface area contributed by atoms with E-state index in [9.17, 15) is 9.59 Å². The third kappa shape index (κ3) is 4.52. The molecule has 0 aliphatic carbocycles. The lowest BCUT2D eigenvalue weighted by Crippen LogP contribution is -2.38. The van der Waals surface area contributed by atoms with E-state index in [1.165, 1.54) is 6.92 Å². The largest absolute Gasteiger partial charge is 0.339 e. The minimum atomic E-state index is -0.142. The number of halogens is 1. The molecule has 3 aromatic rings. The van der Waals surface area contributed by atoms with Gasteiger partial charge in [0.1, 0.15) is 0 Å². The monoisotopic (exact) mass is 424 g/mol. The van der Waals surface area contributed by atoms with Crippen LogP contribution in [0.15, 0.2) is 53.1 Å². The van der Waals surface area contributed by atoms with Gasteiger partial charge in [0.25, 0.3) is 5.91 Å². The zero-order valence-electron chi connectivity index (χ0n) is 16.5. The molecule has 1 N–H and O–H groups in total. The highest BCUT2D eigenvalue weighted by atomic mass is 35.5. The first-order valence-corrected chi connectivity index (χ1v) is 10.1. The van der Waals surface area contributed by atoms with Crippen LogP contribution in [0, 0.1) is 0 Å². The van der Waals surface area contributed by atoms with E-state index in [1.54, 1.807) is 36.4 Å². The maximum Gasteiger partial charge on any atom is 0.253 e. The Balaban J connectivity index is 1.36. The number of carbonyl (C=O) groups is 2. The van der Waals surface area contributed by atoms with E-state index in [0.717, 1.165) is 18.4 Å². The third-order valence-corrected chi connectivity index (χ3v) is 5.38. The smallest absolute Gasteiger partial charge is 0.253 e. The number of nitrogens with one attached hydrogen (secondary N) is 1. The number of hydrogen-bond acceptors (Lipinski definition) is 5. The van der Waals surface area contributed by atoms with Crippen LogP contribution in [-0.4, -0.2) is 39.9 Å². The molecular weight excluding hydrogens is 404 g/mol. The van der Waals surface area contributed by atoms with Crippen molar-refractivity contribution in [1.29, 1.82) is 0 Å². The van der Waals surface area contributed by atoms with Gasteiger partial charge in [-0.25, -0.2) is 0 Å². The van der Waals surface area contributed by atoms with Crippen molar-refractivity contribution in [2.45, 2.75) is 25.7 Å². The van der Waals surface area contributed by atoms with Crippen LogP contribution in [0.4, 0.5) is 5.69 Å². The number of nitrogens with zero attached hydrogens (tertiary/aromatic N) is 3. The van der Waals surface area contributed by atoms with Crippen LogP contribution < -0.4 is 5.32 Å². The number of anilines is 1. The molecule has 2 aromatic carbocycles. The summed E-state index contributed by atoms with van der Waals surface area (Å²) in [6.07, 6.45) is 1.52. The number of carbonyl (C=O) groups excluding carboxylic acids is 2. The summed E-state index contributed by atoms with van der Waals surface area (Å²) in [5.74, 6) is 1.11. The molecule has 1 aromatic heterocycles. The number of benzene rings is 2. The number of aromatic nitrogens is 2. The first-order valence-electron chi connectivity index (χ1n) is 9.76. The fraction of sp³-hybridized carbons (Fsp3) is 0.273. The molecule has 1 saturated heterocycles. The van der Waals surface area contributed by atoms with E-state index in [4.69, 9.17) is 16.1 Å². The maximum absolute atomic E-state index is 12.8. The van der Waals surface area contributed by atoms with Crippen molar-refractivity contribution in [1.82, 2.24) is 15.0 Å². The summed E-state index contributed by atoms with van der Waals surface area (Å²) < 4.78 is 5.48. The topological polar surface area (TPSA) is 88.3 Å². The average molecular weight is 425 g/mol. The van der Waals surface area contributed by atoms with Gasteiger partial charge in [0.15, 0.2) is 0 Å². The van der Waals surface area contributed by atoms with E-state index in [-0.39, 0.29) is 17.7 Å². The van der Waals surface area contributed by atoms with Crippen LogP contribution in [0.5, 0.6) is 0 Å². The van der Waals surface area contributed by atoms with Gasteiger partial charge in [-0.05, 0) is 61.4 Å². The highest BCUT2D eigenvalue weighted by molar-refractivity contribution is 6.30. The minimum Gasteiger partial charge on any atom is -0.339 e. The average Bonchev–Trinajstić information content (AvgIpc) is 3.24. The zero-order valence-corrected chi connectivity index (χ0v) is 17.2. The predicted octanol–water partition coefficient (Wildman–Crippen LogP) is 4.37. The van der Waals surface area contributed by atoms with Crippen LogP contribution in [0.1, 0.15) is 41.9 Å². The Kier molecular flexibility index (Phi) is 5.81. The molecule has 1 aliphatic heterocycles. The Morgan fingerprint density at radius 2 is 1.73 bits per heavy atom. The number of likely N-dealkylation sites (tertiary alicyclic amines) is 1.